The topological polar surface area (TPSA) is 72.7 Å². The fourth-order valence-corrected chi connectivity index (χ4v) is 2.75. The summed E-state index contributed by atoms with van der Waals surface area (Å²) in [6.07, 6.45) is 8.84. The lowest BCUT2D eigenvalue weighted by atomic mass is 10.3. The molecule has 0 saturated heterocycles. The highest BCUT2D eigenvalue weighted by Gasteiger charge is 2.26. The number of nitrogens with zero attached hydrogens (tertiary/aromatic N) is 4. The second-order valence-electron chi connectivity index (χ2n) is 5.71. The van der Waals surface area contributed by atoms with Gasteiger partial charge in [-0.15, -0.1) is 0 Å². The van der Waals surface area contributed by atoms with Crippen LogP contribution in [0.4, 0.5) is 5.69 Å². The van der Waals surface area contributed by atoms with Gasteiger partial charge in [0.2, 0.25) is 0 Å². The third-order valence-electron chi connectivity index (χ3n) is 3.79. The molecule has 7 heteroatoms. The van der Waals surface area contributed by atoms with Crippen LogP contribution in [0.1, 0.15) is 34.9 Å². The van der Waals surface area contributed by atoms with Gasteiger partial charge < -0.3 is 5.32 Å². The lowest BCUT2D eigenvalue weighted by molar-refractivity contribution is 0.102. The van der Waals surface area contributed by atoms with Gasteiger partial charge in [-0.25, -0.2) is 14.6 Å². The zero-order valence-electron chi connectivity index (χ0n) is 12.7. The van der Waals surface area contributed by atoms with Gasteiger partial charge in [0.15, 0.2) is 0 Å². The molecule has 1 aromatic carbocycles. The first-order chi connectivity index (χ1) is 11.7. The summed E-state index contributed by atoms with van der Waals surface area (Å²) in [7, 11) is 0. The van der Waals surface area contributed by atoms with Crippen LogP contribution in [0.2, 0.25) is 0 Å². The second-order valence-corrected chi connectivity index (χ2v) is 6.63. The number of anilines is 1. The van der Waals surface area contributed by atoms with E-state index in [0.717, 1.165) is 28.8 Å². The van der Waals surface area contributed by atoms with Crippen LogP contribution in [-0.4, -0.2) is 25.7 Å². The van der Waals surface area contributed by atoms with Crippen LogP contribution in [0.25, 0.3) is 5.69 Å². The number of amides is 1. The third-order valence-corrected chi connectivity index (χ3v) is 4.28. The molecule has 2 aromatic heterocycles. The van der Waals surface area contributed by atoms with Gasteiger partial charge in [0.05, 0.1) is 35.5 Å². The summed E-state index contributed by atoms with van der Waals surface area (Å²) in [5.41, 5.74) is 1.93. The van der Waals surface area contributed by atoms with Gasteiger partial charge in [0, 0.05) is 16.6 Å². The second kappa shape index (κ2) is 6.16. The Morgan fingerprint density at radius 1 is 1.21 bits per heavy atom. The van der Waals surface area contributed by atoms with Crippen molar-refractivity contribution in [1.82, 2.24) is 19.7 Å². The van der Waals surface area contributed by atoms with Crippen molar-refractivity contribution < 1.29 is 4.79 Å². The molecule has 1 amide bonds. The van der Waals surface area contributed by atoms with Crippen molar-refractivity contribution >= 4 is 27.5 Å². The maximum absolute atomic E-state index is 12.3. The van der Waals surface area contributed by atoms with Crippen LogP contribution in [0.5, 0.6) is 0 Å². The van der Waals surface area contributed by atoms with Crippen LogP contribution in [-0.2, 0) is 0 Å². The molecular weight excluding hydrogens is 370 g/mol. The van der Waals surface area contributed by atoms with E-state index in [4.69, 9.17) is 0 Å². The molecule has 1 aliphatic rings. The van der Waals surface area contributed by atoms with Gasteiger partial charge in [-0.05, 0) is 31.0 Å². The first kappa shape index (κ1) is 15.0. The Bertz CT molecular complexity index is 886. The van der Waals surface area contributed by atoms with Crippen LogP contribution < -0.4 is 5.32 Å². The van der Waals surface area contributed by atoms with E-state index in [-0.39, 0.29) is 5.91 Å². The van der Waals surface area contributed by atoms with E-state index in [9.17, 15) is 4.79 Å². The highest BCUT2D eigenvalue weighted by atomic mass is 79.9. The van der Waals surface area contributed by atoms with Gasteiger partial charge in [0.25, 0.3) is 5.91 Å². The molecular formula is C17H14BrN5O. The summed E-state index contributed by atoms with van der Waals surface area (Å²) < 4.78 is 2.61. The van der Waals surface area contributed by atoms with Crippen molar-refractivity contribution in [3.05, 3.63) is 64.9 Å². The SMILES string of the molecule is O=C(Nc1cnc(C2CC2)nc1)c1cnn(-c2cccc(Br)c2)c1. The zero-order valence-corrected chi connectivity index (χ0v) is 14.3. The number of aromatic nitrogens is 4. The third kappa shape index (κ3) is 3.21. The molecule has 0 bridgehead atoms. The minimum atomic E-state index is -0.237. The Hall–Kier alpha value is -2.54. The highest BCUT2D eigenvalue weighted by molar-refractivity contribution is 9.10. The molecule has 0 spiro atoms. The van der Waals surface area contributed by atoms with Crippen molar-refractivity contribution in [2.45, 2.75) is 18.8 Å². The number of hydrogen-bond donors (Lipinski definition) is 1. The average molecular weight is 384 g/mol. The van der Waals surface area contributed by atoms with Gasteiger partial charge in [-0.2, -0.15) is 5.10 Å². The molecule has 0 atom stereocenters. The Morgan fingerprint density at radius 2 is 2.00 bits per heavy atom. The van der Waals surface area contributed by atoms with E-state index in [2.05, 4.69) is 36.3 Å². The lowest BCUT2D eigenvalue weighted by Gasteiger charge is -2.04. The molecule has 120 valence electrons. The number of rotatable bonds is 4. The van der Waals surface area contributed by atoms with Gasteiger partial charge >= 0.3 is 0 Å². The van der Waals surface area contributed by atoms with Gasteiger partial charge in [0.1, 0.15) is 5.82 Å². The van der Waals surface area contributed by atoms with E-state index < -0.39 is 0 Å². The Morgan fingerprint density at radius 3 is 2.71 bits per heavy atom. The van der Waals surface area contributed by atoms with Gasteiger partial charge in [-0.3, -0.25) is 4.79 Å². The summed E-state index contributed by atoms with van der Waals surface area (Å²) in [5.74, 6) is 1.12. The lowest BCUT2D eigenvalue weighted by Crippen LogP contribution is -2.12. The summed E-state index contributed by atoms with van der Waals surface area (Å²) in [6.45, 7) is 0. The molecule has 3 aromatic rings. The summed E-state index contributed by atoms with van der Waals surface area (Å²) >= 11 is 3.43. The van der Waals surface area contributed by atoms with E-state index in [1.54, 1.807) is 23.3 Å². The van der Waals surface area contributed by atoms with Crippen LogP contribution in [0.15, 0.2) is 53.5 Å². The van der Waals surface area contributed by atoms with E-state index in [0.29, 0.717) is 17.2 Å². The molecule has 1 fully saturated rings. The number of carbonyl (C=O) groups excluding carboxylic acids is 1. The monoisotopic (exact) mass is 383 g/mol. The van der Waals surface area contributed by atoms with Crippen molar-refractivity contribution in [1.29, 1.82) is 0 Å². The van der Waals surface area contributed by atoms with Crippen molar-refractivity contribution in [2.24, 2.45) is 0 Å². The summed E-state index contributed by atoms with van der Waals surface area (Å²) in [4.78, 5) is 20.9. The fourth-order valence-electron chi connectivity index (χ4n) is 2.36. The number of halogens is 1. The molecule has 1 N–H and O–H groups in total. The zero-order chi connectivity index (χ0) is 16.5. The molecule has 2 heterocycles. The Balaban J connectivity index is 1.48. The highest BCUT2D eigenvalue weighted by Crippen LogP contribution is 2.37. The molecule has 6 nitrogen and oxygen atoms in total. The molecule has 1 aliphatic carbocycles. The summed E-state index contributed by atoms with van der Waals surface area (Å²) in [5, 5.41) is 7.03. The minimum absolute atomic E-state index is 0.237. The minimum Gasteiger partial charge on any atom is -0.319 e. The number of hydrogen-bond acceptors (Lipinski definition) is 4. The van der Waals surface area contributed by atoms with Crippen molar-refractivity contribution in [2.75, 3.05) is 5.32 Å². The molecule has 0 unspecified atom stereocenters. The fraction of sp³-hybridized carbons (Fsp3) is 0.176. The van der Waals surface area contributed by atoms with Gasteiger partial charge in [-0.1, -0.05) is 22.0 Å². The molecule has 4 rings (SSSR count). The predicted molar refractivity (Wildman–Crippen MR) is 93.2 cm³/mol. The maximum atomic E-state index is 12.3. The molecule has 24 heavy (non-hydrogen) atoms. The van der Waals surface area contributed by atoms with Crippen molar-refractivity contribution in [3.8, 4) is 5.69 Å². The van der Waals surface area contributed by atoms with Crippen LogP contribution in [0, 0.1) is 0 Å². The van der Waals surface area contributed by atoms with E-state index >= 15 is 0 Å². The average Bonchev–Trinajstić information content (AvgIpc) is 3.31. The number of benzene rings is 1. The largest absolute Gasteiger partial charge is 0.319 e. The number of carbonyl (C=O) groups is 1. The Kier molecular flexibility index (Phi) is 3.86. The predicted octanol–water partition coefficient (Wildman–Crippen LogP) is 3.55. The molecule has 0 aliphatic heterocycles. The van der Waals surface area contributed by atoms with Crippen LogP contribution in [0.3, 0.4) is 0 Å². The first-order valence-electron chi connectivity index (χ1n) is 7.63. The standard InChI is InChI=1S/C17H14BrN5O/c18-13-2-1-3-15(6-13)23-10-12(7-21-23)17(24)22-14-8-19-16(20-9-14)11-4-5-11/h1-3,6-11H,4-5H2,(H,22,24). The quantitative estimate of drug-likeness (QED) is 0.747. The van der Waals surface area contributed by atoms with E-state index in [1.165, 1.54) is 6.20 Å². The first-order valence-corrected chi connectivity index (χ1v) is 8.42. The summed E-state index contributed by atoms with van der Waals surface area (Å²) in [6, 6.07) is 7.70. The smallest absolute Gasteiger partial charge is 0.258 e. The molecule has 0 radical (unpaired) electrons. The molecule has 1 saturated carbocycles. The van der Waals surface area contributed by atoms with Crippen molar-refractivity contribution in [3.63, 3.8) is 0 Å². The Labute approximate surface area is 147 Å². The normalized spacial score (nSPS) is 13.7. The van der Waals surface area contributed by atoms with Crippen LogP contribution >= 0.6 is 15.9 Å². The van der Waals surface area contributed by atoms with E-state index in [1.807, 2.05) is 24.3 Å². The maximum Gasteiger partial charge on any atom is 0.258 e. The number of nitrogens with one attached hydrogen (secondary N) is 1.